The summed E-state index contributed by atoms with van der Waals surface area (Å²) >= 11 is 6.09. The summed E-state index contributed by atoms with van der Waals surface area (Å²) in [5.41, 5.74) is 1.21. The van der Waals surface area contributed by atoms with Gasteiger partial charge in [-0.15, -0.1) is 0 Å². The predicted octanol–water partition coefficient (Wildman–Crippen LogP) is 2.37. The second-order valence-corrected chi connectivity index (χ2v) is 4.99. The highest BCUT2D eigenvalue weighted by atomic mass is 35.5. The molecule has 7 heteroatoms. The minimum atomic E-state index is -0.291. The standard InChI is InChI=1S/C12H16ClN5O/c1-7(2)18-12(19)11(13)10(6-16-18)17-8(3)9-4-14-15-5-9/h4-8,17H,1-3H3,(H,14,15). The molecule has 0 spiro atoms. The topological polar surface area (TPSA) is 75.6 Å². The normalized spacial score (nSPS) is 12.7. The maximum Gasteiger partial charge on any atom is 0.287 e. The lowest BCUT2D eigenvalue weighted by molar-refractivity contribution is 0.503. The van der Waals surface area contributed by atoms with Gasteiger partial charge in [-0.2, -0.15) is 10.2 Å². The third kappa shape index (κ3) is 2.78. The van der Waals surface area contributed by atoms with Crippen LogP contribution in [0.5, 0.6) is 0 Å². The molecule has 2 aromatic rings. The van der Waals surface area contributed by atoms with Crippen molar-refractivity contribution in [3.05, 3.63) is 39.5 Å². The number of rotatable bonds is 4. The number of aromatic nitrogens is 4. The molecule has 0 radical (unpaired) electrons. The zero-order valence-electron chi connectivity index (χ0n) is 11.0. The lowest BCUT2D eigenvalue weighted by Crippen LogP contribution is -2.26. The second-order valence-electron chi connectivity index (χ2n) is 4.61. The highest BCUT2D eigenvalue weighted by Crippen LogP contribution is 2.22. The SMILES string of the molecule is CC(Nc1cnn(C(C)C)c(=O)c1Cl)c1cn[nH]c1. The van der Waals surface area contributed by atoms with E-state index in [1.54, 1.807) is 18.6 Å². The number of nitrogens with one attached hydrogen (secondary N) is 2. The quantitative estimate of drug-likeness (QED) is 0.902. The Morgan fingerprint density at radius 3 is 2.68 bits per heavy atom. The lowest BCUT2D eigenvalue weighted by Gasteiger charge is -2.16. The summed E-state index contributed by atoms with van der Waals surface area (Å²) in [6, 6.07) is -0.0438. The van der Waals surface area contributed by atoms with Crippen molar-refractivity contribution in [3.8, 4) is 0 Å². The summed E-state index contributed by atoms with van der Waals surface area (Å²) < 4.78 is 1.36. The molecule has 6 nitrogen and oxygen atoms in total. The van der Waals surface area contributed by atoms with Crippen LogP contribution in [0.1, 0.15) is 38.4 Å². The van der Waals surface area contributed by atoms with Gasteiger partial charge in [-0.3, -0.25) is 9.89 Å². The van der Waals surface area contributed by atoms with Crippen molar-refractivity contribution in [2.75, 3.05) is 5.32 Å². The summed E-state index contributed by atoms with van der Waals surface area (Å²) in [5, 5.41) is 14.0. The van der Waals surface area contributed by atoms with Crippen molar-refractivity contribution in [2.24, 2.45) is 0 Å². The molecular weight excluding hydrogens is 266 g/mol. The van der Waals surface area contributed by atoms with Gasteiger partial charge in [0.1, 0.15) is 5.02 Å². The van der Waals surface area contributed by atoms with Gasteiger partial charge in [-0.1, -0.05) is 11.6 Å². The third-order valence-corrected chi connectivity index (χ3v) is 3.19. The molecule has 0 saturated carbocycles. The molecule has 1 unspecified atom stereocenters. The number of hydrogen-bond donors (Lipinski definition) is 2. The molecule has 0 aromatic carbocycles. The Morgan fingerprint density at radius 2 is 2.11 bits per heavy atom. The van der Waals surface area contributed by atoms with E-state index in [2.05, 4.69) is 20.6 Å². The molecule has 2 heterocycles. The summed E-state index contributed by atoms with van der Waals surface area (Å²) in [6.07, 6.45) is 5.07. The van der Waals surface area contributed by atoms with E-state index in [0.717, 1.165) is 5.56 Å². The van der Waals surface area contributed by atoms with Gasteiger partial charge in [0.15, 0.2) is 0 Å². The summed E-state index contributed by atoms with van der Waals surface area (Å²) in [7, 11) is 0. The minimum absolute atomic E-state index is 0.0210. The Bertz CT molecular complexity index is 605. The maximum absolute atomic E-state index is 12.0. The Hall–Kier alpha value is -1.82. The molecular formula is C12H16ClN5O. The van der Waals surface area contributed by atoms with Gasteiger partial charge in [0.25, 0.3) is 5.56 Å². The van der Waals surface area contributed by atoms with Crippen LogP contribution in [-0.2, 0) is 0 Å². The van der Waals surface area contributed by atoms with E-state index in [-0.39, 0.29) is 22.7 Å². The molecule has 0 aliphatic heterocycles. The fraction of sp³-hybridized carbons (Fsp3) is 0.417. The summed E-state index contributed by atoms with van der Waals surface area (Å²) in [6.45, 7) is 5.72. The van der Waals surface area contributed by atoms with Gasteiger partial charge >= 0.3 is 0 Å². The molecule has 2 N–H and O–H groups in total. The fourth-order valence-corrected chi connectivity index (χ4v) is 1.92. The first-order valence-electron chi connectivity index (χ1n) is 6.03. The van der Waals surface area contributed by atoms with E-state index in [1.165, 1.54) is 4.68 Å². The number of aromatic amines is 1. The van der Waals surface area contributed by atoms with E-state index in [9.17, 15) is 4.79 Å². The van der Waals surface area contributed by atoms with Crippen LogP contribution in [0.4, 0.5) is 5.69 Å². The fourth-order valence-electron chi connectivity index (χ4n) is 1.73. The van der Waals surface area contributed by atoms with Crippen LogP contribution in [0.3, 0.4) is 0 Å². The Morgan fingerprint density at radius 1 is 1.37 bits per heavy atom. The van der Waals surface area contributed by atoms with Crippen LogP contribution in [0, 0.1) is 0 Å². The van der Waals surface area contributed by atoms with Gasteiger partial charge in [0.2, 0.25) is 0 Å². The molecule has 2 rings (SSSR count). The van der Waals surface area contributed by atoms with Crippen LogP contribution in [0.25, 0.3) is 0 Å². The minimum Gasteiger partial charge on any atom is -0.376 e. The zero-order valence-corrected chi connectivity index (χ0v) is 11.8. The third-order valence-electron chi connectivity index (χ3n) is 2.82. The van der Waals surface area contributed by atoms with Crippen LogP contribution < -0.4 is 10.9 Å². The Labute approximate surface area is 115 Å². The maximum atomic E-state index is 12.0. The van der Waals surface area contributed by atoms with E-state index in [0.29, 0.717) is 5.69 Å². The number of H-pyrrole nitrogens is 1. The monoisotopic (exact) mass is 281 g/mol. The van der Waals surface area contributed by atoms with Gasteiger partial charge < -0.3 is 5.32 Å². The molecule has 19 heavy (non-hydrogen) atoms. The van der Waals surface area contributed by atoms with E-state index in [4.69, 9.17) is 11.6 Å². The highest BCUT2D eigenvalue weighted by molar-refractivity contribution is 6.32. The first-order chi connectivity index (χ1) is 9.00. The van der Waals surface area contributed by atoms with Gasteiger partial charge in [-0.25, -0.2) is 4.68 Å². The van der Waals surface area contributed by atoms with Crippen LogP contribution in [0.15, 0.2) is 23.4 Å². The first kappa shape index (κ1) is 13.6. The van der Waals surface area contributed by atoms with Crippen molar-refractivity contribution in [3.63, 3.8) is 0 Å². The predicted molar refractivity (Wildman–Crippen MR) is 74.5 cm³/mol. The van der Waals surface area contributed by atoms with Gasteiger partial charge in [0, 0.05) is 11.8 Å². The number of anilines is 1. The van der Waals surface area contributed by atoms with Crippen molar-refractivity contribution in [1.29, 1.82) is 0 Å². The highest BCUT2D eigenvalue weighted by Gasteiger charge is 2.14. The van der Waals surface area contributed by atoms with Crippen molar-refractivity contribution >= 4 is 17.3 Å². The largest absolute Gasteiger partial charge is 0.376 e. The Kier molecular flexibility index (Phi) is 3.90. The molecule has 0 fully saturated rings. The second kappa shape index (κ2) is 5.44. The molecule has 0 bridgehead atoms. The van der Waals surface area contributed by atoms with Gasteiger partial charge in [0.05, 0.1) is 30.2 Å². The Balaban J connectivity index is 2.27. The number of nitrogens with zero attached hydrogens (tertiary/aromatic N) is 3. The zero-order chi connectivity index (χ0) is 14.0. The van der Waals surface area contributed by atoms with Crippen molar-refractivity contribution in [2.45, 2.75) is 32.9 Å². The van der Waals surface area contributed by atoms with E-state index in [1.807, 2.05) is 20.8 Å². The molecule has 0 aliphatic carbocycles. The molecule has 0 aliphatic rings. The molecule has 1 atom stereocenters. The first-order valence-corrected chi connectivity index (χ1v) is 6.41. The van der Waals surface area contributed by atoms with Crippen molar-refractivity contribution < 1.29 is 0 Å². The average Bonchev–Trinajstić information content (AvgIpc) is 2.88. The van der Waals surface area contributed by atoms with Gasteiger partial charge in [-0.05, 0) is 20.8 Å². The summed E-state index contributed by atoms with van der Waals surface area (Å²) in [4.78, 5) is 12.0. The van der Waals surface area contributed by atoms with Crippen LogP contribution in [0.2, 0.25) is 5.02 Å². The van der Waals surface area contributed by atoms with Crippen LogP contribution >= 0.6 is 11.6 Å². The molecule has 102 valence electrons. The van der Waals surface area contributed by atoms with E-state index < -0.39 is 0 Å². The summed E-state index contributed by atoms with van der Waals surface area (Å²) in [5.74, 6) is 0. The number of hydrogen-bond acceptors (Lipinski definition) is 4. The number of halogens is 1. The molecule has 0 amide bonds. The average molecular weight is 282 g/mol. The molecule has 2 aromatic heterocycles. The molecule has 0 saturated heterocycles. The van der Waals surface area contributed by atoms with Crippen molar-refractivity contribution in [1.82, 2.24) is 20.0 Å². The smallest absolute Gasteiger partial charge is 0.287 e. The lowest BCUT2D eigenvalue weighted by atomic mass is 10.2. The van der Waals surface area contributed by atoms with Crippen LogP contribution in [-0.4, -0.2) is 20.0 Å². The van der Waals surface area contributed by atoms with E-state index >= 15 is 0 Å².